The van der Waals surface area contributed by atoms with Crippen molar-refractivity contribution in [1.29, 1.82) is 0 Å². The Morgan fingerprint density at radius 1 is 1.23 bits per heavy atom. The average molecular weight is 413 g/mol. The number of aromatic amines is 1. The number of hydrogen-bond donors (Lipinski definition) is 1. The van der Waals surface area contributed by atoms with E-state index in [-0.39, 0.29) is 16.9 Å². The zero-order chi connectivity index (χ0) is 21.7. The van der Waals surface area contributed by atoms with Gasteiger partial charge in [-0.05, 0) is 25.8 Å². The van der Waals surface area contributed by atoms with E-state index >= 15 is 0 Å². The van der Waals surface area contributed by atoms with Crippen LogP contribution < -0.4 is 10.3 Å². The van der Waals surface area contributed by atoms with Crippen LogP contribution >= 0.6 is 0 Å². The molecule has 9 heteroatoms. The third-order valence-electron chi connectivity index (χ3n) is 4.79. The average Bonchev–Trinajstić information content (AvgIpc) is 3.10. The molecule has 9 nitrogen and oxygen atoms in total. The van der Waals surface area contributed by atoms with Gasteiger partial charge in [-0.25, -0.2) is 9.97 Å². The second-order valence-corrected chi connectivity index (χ2v) is 6.96. The summed E-state index contributed by atoms with van der Waals surface area (Å²) in [7, 11) is 1.62. The summed E-state index contributed by atoms with van der Waals surface area (Å²) >= 11 is 0. The molecule has 1 N–H and O–H groups in total. The standard InChI is InChI=1S/C21H27N5O4/c1-5-7-9-30-21-15(11-14(12-22-21)13(3)27)19-23-17-16(6-2)26(8-10-29-4)25-18(17)20(28)24-19/h11-12H,5-10H2,1-4H3,(H,23,24,28). The van der Waals surface area contributed by atoms with Crippen molar-refractivity contribution >= 4 is 16.8 Å². The Hall–Kier alpha value is -3.07. The highest BCUT2D eigenvalue weighted by Gasteiger charge is 2.19. The molecule has 160 valence electrons. The summed E-state index contributed by atoms with van der Waals surface area (Å²) in [6, 6.07) is 1.65. The first-order valence-electron chi connectivity index (χ1n) is 10.1. The first kappa shape index (κ1) is 21.6. The number of carbonyl (C=O) groups is 1. The molecule has 30 heavy (non-hydrogen) atoms. The van der Waals surface area contributed by atoms with Gasteiger partial charge in [0.2, 0.25) is 5.88 Å². The van der Waals surface area contributed by atoms with Gasteiger partial charge in [0.15, 0.2) is 11.3 Å². The predicted octanol–water partition coefficient (Wildman–Crippen LogP) is 2.77. The Kier molecular flexibility index (Phi) is 6.94. The fourth-order valence-corrected chi connectivity index (χ4v) is 3.15. The van der Waals surface area contributed by atoms with Crippen molar-refractivity contribution < 1.29 is 14.3 Å². The summed E-state index contributed by atoms with van der Waals surface area (Å²) < 4.78 is 12.7. The Balaban J connectivity index is 2.16. The number of fused-ring (bicyclic) bond motifs is 1. The van der Waals surface area contributed by atoms with Crippen molar-refractivity contribution in [1.82, 2.24) is 24.7 Å². The largest absolute Gasteiger partial charge is 0.477 e. The number of aromatic nitrogens is 5. The number of carbonyl (C=O) groups excluding carboxylic acids is 1. The van der Waals surface area contributed by atoms with Gasteiger partial charge in [-0.2, -0.15) is 5.10 Å². The van der Waals surface area contributed by atoms with E-state index in [0.29, 0.717) is 54.5 Å². The molecule has 0 fully saturated rings. The minimum atomic E-state index is -0.353. The third kappa shape index (κ3) is 4.40. The summed E-state index contributed by atoms with van der Waals surface area (Å²) in [6.07, 6.45) is 3.97. The first-order valence-corrected chi connectivity index (χ1v) is 10.1. The number of hydrogen-bond acceptors (Lipinski definition) is 7. The van der Waals surface area contributed by atoms with E-state index in [0.717, 1.165) is 18.5 Å². The van der Waals surface area contributed by atoms with Crippen molar-refractivity contribution in [2.75, 3.05) is 20.3 Å². The molecule has 0 aliphatic heterocycles. The van der Waals surface area contributed by atoms with Crippen LogP contribution in [0.4, 0.5) is 0 Å². The molecule has 0 unspecified atom stereocenters. The molecule has 0 aromatic carbocycles. The van der Waals surface area contributed by atoms with Crippen LogP contribution in [0.5, 0.6) is 5.88 Å². The molecule has 0 saturated carbocycles. The molecular formula is C21H27N5O4. The summed E-state index contributed by atoms with van der Waals surface area (Å²) in [5.74, 6) is 0.505. The lowest BCUT2D eigenvalue weighted by Gasteiger charge is -2.11. The lowest BCUT2D eigenvalue weighted by molar-refractivity contribution is 0.101. The summed E-state index contributed by atoms with van der Waals surface area (Å²) in [5, 5.41) is 4.41. The fraction of sp³-hybridized carbons (Fsp3) is 0.476. The Bertz CT molecular complexity index is 1100. The highest BCUT2D eigenvalue weighted by molar-refractivity contribution is 5.95. The minimum absolute atomic E-state index is 0.131. The van der Waals surface area contributed by atoms with E-state index in [1.54, 1.807) is 17.9 Å². The molecule has 3 rings (SSSR count). The molecular weight excluding hydrogens is 386 g/mol. The van der Waals surface area contributed by atoms with Crippen molar-refractivity contribution in [3.63, 3.8) is 0 Å². The second-order valence-electron chi connectivity index (χ2n) is 6.96. The first-order chi connectivity index (χ1) is 14.5. The maximum Gasteiger partial charge on any atom is 0.279 e. The second kappa shape index (κ2) is 9.62. The Labute approximate surface area is 174 Å². The highest BCUT2D eigenvalue weighted by atomic mass is 16.5. The van der Waals surface area contributed by atoms with Gasteiger partial charge >= 0.3 is 0 Å². The molecule has 0 bridgehead atoms. The summed E-state index contributed by atoms with van der Waals surface area (Å²) in [6.45, 7) is 7.00. The fourth-order valence-electron chi connectivity index (χ4n) is 3.15. The number of nitrogens with zero attached hydrogens (tertiary/aromatic N) is 4. The van der Waals surface area contributed by atoms with E-state index in [1.807, 2.05) is 6.92 Å². The number of H-pyrrole nitrogens is 1. The van der Waals surface area contributed by atoms with Crippen LogP contribution in [-0.2, 0) is 17.7 Å². The molecule has 0 amide bonds. The molecule has 3 aromatic heterocycles. The number of ketones is 1. The SMILES string of the molecule is CCCCOc1ncc(C(C)=O)cc1-c1nc2c(CC)n(CCOC)nc2c(=O)[nH]1. The van der Waals surface area contributed by atoms with Crippen LogP contribution in [-0.4, -0.2) is 50.8 Å². The van der Waals surface area contributed by atoms with Crippen LogP contribution in [0.1, 0.15) is 49.7 Å². The Morgan fingerprint density at radius 3 is 2.70 bits per heavy atom. The Morgan fingerprint density at radius 2 is 2.03 bits per heavy atom. The minimum Gasteiger partial charge on any atom is -0.477 e. The van der Waals surface area contributed by atoms with Crippen LogP contribution in [0.3, 0.4) is 0 Å². The molecule has 3 heterocycles. The van der Waals surface area contributed by atoms with Gasteiger partial charge in [0.25, 0.3) is 5.56 Å². The van der Waals surface area contributed by atoms with E-state index in [1.165, 1.54) is 13.1 Å². The predicted molar refractivity (Wildman–Crippen MR) is 113 cm³/mol. The lowest BCUT2D eigenvalue weighted by Crippen LogP contribution is -2.11. The number of nitrogens with one attached hydrogen (secondary N) is 1. The molecule has 0 aliphatic rings. The topological polar surface area (TPSA) is 112 Å². The van der Waals surface area contributed by atoms with Gasteiger partial charge in [-0.3, -0.25) is 14.3 Å². The number of ether oxygens (including phenoxy) is 2. The quantitative estimate of drug-likeness (QED) is 0.402. The van der Waals surface area contributed by atoms with Crippen molar-refractivity contribution in [2.45, 2.75) is 46.6 Å². The number of rotatable bonds is 10. The number of pyridine rings is 1. The van der Waals surface area contributed by atoms with Crippen LogP contribution in [0.15, 0.2) is 17.1 Å². The van der Waals surface area contributed by atoms with Crippen molar-refractivity contribution in [3.8, 4) is 17.3 Å². The normalized spacial score (nSPS) is 11.2. The summed E-state index contributed by atoms with van der Waals surface area (Å²) in [4.78, 5) is 36.4. The van der Waals surface area contributed by atoms with E-state index in [2.05, 4.69) is 27.0 Å². The zero-order valence-electron chi connectivity index (χ0n) is 17.8. The number of unbranched alkanes of at least 4 members (excludes halogenated alkanes) is 1. The van der Waals surface area contributed by atoms with Crippen LogP contribution in [0.2, 0.25) is 0 Å². The summed E-state index contributed by atoms with van der Waals surface area (Å²) in [5.41, 5.74) is 2.19. The van der Waals surface area contributed by atoms with Gasteiger partial charge in [-0.1, -0.05) is 20.3 Å². The van der Waals surface area contributed by atoms with E-state index in [9.17, 15) is 9.59 Å². The van der Waals surface area contributed by atoms with Gasteiger partial charge in [0.05, 0.1) is 31.0 Å². The maximum absolute atomic E-state index is 12.8. The lowest BCUT2D eigenvalue weighted by atomic mass is 10.1. The van der Waals surface area contributed by atoms with Crippen molar-refractivity contribution in [3.05, 3.63) is 33.9 Å². The number of methoxy groups -OCH3 is 1. The molecule has 0 aliphatic carbocycles. The van der Waals surface area contributed by atoms with E-state index in [4.69, 9.17) is 9.47 Å². The number of Topliss-reactive ketones (excluding diaryl/α,β-unsaturated/α-hetero) is 1. The smallest absolute Gasteiger partial charge is 0.279 e. The highest BCUT2D eigenvalue weighted by Crippen LogP contribution is 2.28. The van der Waals surface area contributed by atoms with Crippen molar-refractivity contribution in [2.24, 2.45) is 0 Å². The van der Waals surface area contributed by atoms with Gasteiger partial charge in [-0.15, -0.1) is 0 Å². The molecule has 3 aromatic rings. The van der Waals surface area contributed by atoms with E-state index < -0.39 is 0 Å². The van der Waals surface area contributed by atoms with Crippen LogP contribution in [0, 0.1) is 0 Å². The third-order valence-corrected chi connectivity index (χ3v) is 4.79. The van der Waals surface area contributed by atoms with Crippen LogP contribution in [0.25, 0.3) is 22.4 Å². The molecule has 0 saturated heterocycles. The monoisotopic (exact) mass is 413 g/mol. The maximum atomic E-state index is 12.8. The number of aryl methyl sites for hydroxylation is 1. The zero-order valence-corrected chi connectivity index (χ0v) is 17.8. The van der Waals surface area contributed by atoms with Gasteiger partial charge in [0.1, 0.15) is 11.3 Å². The molecule has 0 radical (unpaired) electrons. The van der Waals surface area contributed by atoms with Gasteiger partial charge < -0.3 is 14.5 Å². The molecule has 0 atom stereocenters. The molecule has 0 spiro atoms. The van der Waals surface area contributed by atoms with Gasteiger partial charge in [0, 0.05) is 18.9 Å².